The number of hydrogen-bond donors (Lipinski definition) is 1. The highest BCUT2D eigenvalue weighted by Crippen LogP contribution is 2.47. The Labute approximate surface area is 85.9 Å². The van der Waals surface area contributed by atoms with E-state index >= 15 is 0 Å². The predicted molar refractivity (Wildman–Crippen MR) is 51.5 cm³/mol. The second-order valence-corrected chi connectivity index (χ2v) is 3.93. The lowest BCUT2D eigenvalue weighted by atomic mass is 10.1. The third kappa shape index (κ3) is 1.60. The summed E-state index contributed by atoms with van der Waals surface area (Å²) in [6.45, 7) is 0. The van der Waals surface area contributed by atoms with Gasteiger partial charge in [0.15, 0.2) is 0 Å². The van der Waals surface area contributed by atoms with Crippen molar-refractivity contribution >= 4 is 17.5 Å². The zero-order valence-electron chi connectivity index (χ0n) is 7.34. The Morgan fingerprint density at radius 1 is 1.57 bits per heavy atom. The van der Waals surface area contributed by atoms with Gasteiger partial charge in [-0.25, -0.2) is 4.39 Å². The lowest BCUT2D eigenvalue weighted by molar-refractivity contribution is -0.119. The molecule has 0 saturated heterocycles. The van der Waals surface area contributed by atoms with Crippen molar-refractivity contribution in [3.63, 3.8) is 0 Å². The van der Waals surface area contributed by atoms with Crippen LogP contribution in [0.5, 0.6) is 0 Å². The Hall–Kier alpha value is -1.09. The molecule has 1 amide bonds. The van der Waals surface area contributed by atoms with Gasteiger partial charge in [-0.3, -0.25) is 4.79 Å². The van der Waals surface area contributed by atoms with E-state index in [4.69, 9.17) is 17.3 Å². The zero-order chi connectivity index (χ0) is 10.3. The standard InChI is InChI=1S/C10H9ClFNO/c11-8-2-1-5(3-9(8)12)6-4-7(6)10(13)14/h1-3,6-7H,4H2,(H2,13,14). The molecule has 1 fully saturated rings. The molecule has 1 aromatic carbocycles. The number of amides is 1. The van der Waals surface area contributed by atoms with Crippen molar-refractivity contribution in [2.75, 3.05) is 0 Å². The van der Waals surface area contributed by atoms with Crippen molar-refractivity contribution in [2.45, 2.75) is 12.3 Å². The van der Waals surface area contributed by atoms with Crippen LogP contribution < -0.4 is 5.73 Å². The Kier molecular flexibility index (Phi) is 2.19. The number of benzene rings is 1. The highest BCUT2D eigenvalue weighted by molar-refractivity contribution is 6.30. The number of carbonyl (C=O) groups is 1. The molecule has 2 N–H and O–H groups in total. The van der Waals surface area contributed by atoms with Crippen LogP contribution in [0.15, 0.2) is 18.2 Å². The molecule has 0 spiro atoms. The van der Waals surface area contributed by atoms with Gasteiger partial charge in [0.2, 0.25) is 5.91 Å². The third-order valence-electron chi connectivity index (χ3n) is 2.53. The second kappa shape index (κ2) is 3.24. The molecule has 0 radical (unpaired) electrons. The van der Waals surface area contributed by atoms with E-state index in [-0.39, 0.29) is 22.8 Å². The quantitative estimate of drug-likeness (QED) is 0.803. The van der Waals surface area contributed by atoms with E-state index in [0.29, 0.717) is 0 Å². The van der Waals surface area contributed by atoms with Crippen molar-refractivity contribution < 1.29 is 9.18 Å². The minimum absolute atomic E-state index is 0.0827. The average Bonchev–Trinajstić information content (AvgIpc) is 2.89. The molecule has 1 aliphatic carbocycles. The number of rotatable bonds is 2. The first-order valence-corrected chi connectivity index (χ1v) is 4.71. The SMILES string of the molecule is NC(=O)C1CC1c1ccc(Cl)c(F)c1. The monoisotopic (exact) mass is 213 g/mol. The molecular formula is C10H9ClFNO. The van der Waals surface area contributed by atoms with E-state index < -0.39 is 5.82 Å². The van der Waals surface area contributed by atoms with Crippen LogP contribution in [0.2, 0.25) is 5.02 Å². The first-order valence-electron chi connectivity index (χ1n) is 4.34. The van der Waals surface area contributed by atoms with Crippen molar-refractivity contribution in [2.24, 2.45) is 11.7 Å². The highest BCUT2D eigenvalue weighted by atomic mass is 35.5. The molecule has 74 valence electrons. The smallest absolute Gasteiger partial charge is 0.221 e. The van der Waals surface area contributed by atoms with E-state index in [0.717, 1.165) is 12.0 Å². The van der Waals surface area contributed by atoms with Crippen molar-refractivity contribution in [3.05, 3.63) is 34.6 Å². The topological polar surface area (TPSA) is 43.1 Å². The highest BCUT2D eigenvalue weighted by Gasteiger charge is 2.42. The van der Waals surface area contributed by atoms with Gasteiger partial charge in [0.25, 0.3) is 0 Å². The fraction of sp³-hybridized carbons (Fsp3) is 0.300. The van der Waals surface area contributed by atoms with Crippen LogP contribution in [-0.4, -0.2) is 5.91 Å². The maximum atomic E-state index is 13.0. The third-order valence-corrected chi connectivity index (χ3v) is 2.83. The van der Waals surface area contributed by atoms with E-state index in [1.165, 1.54) is 12.1 Å². The summed E-state index contributed by atoms with van der Waals surface area (Å²) < 4.78 is 13.0. The Morgan fingerprint density at radius 2 is 2.29 bits per heavy atom. The summed E-state index contributed by atoms with van der Waals surface area (Å²) in [7, 11) is 0. The molecule has 14 heavy (non-hydrogen) atoms. The first kappa shape index (κ1) is 9.46. The van der Waals surface area contributed by atoms with Crippen LogP contribution in [0.4, 0.5) is 4.39 Å². The largest absolute Gasteiger partial charge is 0.369 e. The fourth-order valence-corrected chi connectivity index (χ4v) is 1.74. The maximum Gasteiger partial charge on any atom is 0.221 e. The minimum atomic E-state index is -0.445. The van der Waals surface area contributed by atoms with Crippen LogP contribution in [0, 0.1) is 11.7 Å². The zero-order valence-corrected chi connectivity index (χ0v) is 8.09. The molecule has 2 atom stereocenters. The summed E-state index contributed by atoms with van der Waals surface area (Å²) in [6, 6.07) is 4.61. The van der Waals surface area contributed by atoms with E-state index in [1.54, 1.807) is 6.07 Å². The van der Waals surface area contributed by atoms with Gasteiger partial charge in [-0.05, 0) is 30.0 Å². The fourth-order valence-electron chi connectivity index (χ4n) is 1.62. The average molecular weight is 214 g/mol. The Balaban J connectivity index is 2.20. The first-order chi connectivity index (χ1) is 6.59. The molecule has 0 aliphatic heterocycles. The molecule has 4 heteroatoms. The molecule has 0 aromatic heterocycles. The normalized spacial score (nSPS) is 24.7. The number of halogens is 2. The summed E-state index contributed by atoms with van der Waals surface area (Å²) in [5.41, 5.74) is 5.94. The predicted octanol–water partition coefficient (Wildman–Crippen LogP) is 2.07. The molecule has 1 aliphatic rings. The molecule has 1 saturated carbocycles. The molecule has 0 heterocycles. The molecule has 0 bridgehead atoms. The maximum absolute atomic E-state index is 13.0. The summed E-state index contributed by atoms with van der Waals surface area (Å²) >= 11 is 5.54. The van der Waals surface area contributed by atoms with Crippen LogP contribution in [-0.2, 0) is 4.79 Å². The summed E-state index contributed by atoms with van der Waals surface area (Å²) in [5, 5.41) is 0.102. The number of nitrogens with two attached hydrogens (primary N) is 1. The Bertz CT molecular complexity index is 394. The lowest BCUT2D eigenvalue weighted by Crippen LogP contribution is -2.13. The summed E-state index contributed by atoms with van der Waals surface area (Å²) in [6.07, 6.45) is 0.719. The number of hydrogen-bond acceptors (Lipinski definition) is 1. The van der Waals surface area contributed by atoms with Crippen molar-refractivity contribution in [3.8, 4) is 0 Å². The number of carbonyl (C=O) groups excluding carboxylic acids is 1. The van der Waals surface area contributed by atoms with Crippen LogP contribution in [0.25, 0.3) is 0 Å². The summed E-state index contributed by atoms with van der Waals surface area (Å²) in [4.78, 5) is 10.8. The second-order valence-electron chi connectivity index (χ2n) is 3.52. The van der Waals surface area contributed by atoms with Crippen LogP contribution in [0.1, 0.15) is 17.9 Å². The van der Waals surface area contributed by atoms with Gasteiger partial charge in [0.1, 0.15) is 5.82 Å². The number of primary amides is 1. The van der Waals surface area contributed by atoms with Gasteiger partial charge in [0, 0.05) is 5.92 Å². The van der Waals surface area contributed by atoms with Crippen molar-refractivity contribution in [1.29, 1.82) is 0 Å². The molecule has 2 unspecified atom stereocenters. The molecular weight excluding hydrogens is 205 g/mol. The molecule has 2 rings (SSSR count). The van der Waals surface area contributed by atoms with Gasteiger partial charge in [-0.15, -0.1) is 0 Å². The van der Waals surface area contributed by atoms with E-state index in [2.05, 4.69) is 0 Å². The lowest BCUT2D eigenvalue weighted by Gasteiger charge is -2.00. The van der Waals surface area contributed by atoms with Crippen LogP contribution in [0.3, 0.4) is 0 Å². The van der Waals surface area contributed by atoms with Gasteiger partial charge in [-0.2, -0.15) is 0 Å². The van der Waals surface area contributed by atoms with E-state index in [1.807, 2.05) is 0 Å². The summed E-state index contributed by atoms with van der Waals surface area (Å²) in [5.74, 6) is -0.806. The van der Waals surface area contributed by atoms with Gasteiger partial charge in [0.05, 0.1) is 5.02 Å². The van der Waals surface area contributed by atoms with Crippen LogP contribution >= 0.6 is 11.6 Å². The van der Waals surface area contributed by atoms with Gasteiger partial charge in [-0.1, -0.05) is 17.7 Å². The minimum Gasteiger partial charge on any atom is -0.369 e. The van der Waals surface area contributed by atoms with Crippen molar-refractivity contribution in [1.82, 2.24) is 0 Å². The molecule has 2 nitrogen and oxygen atoms in total. The van der Waals surface area contributed by atoms with Gasteiger partial charge < -0.3 is 5.73 Å². The Morgan fingerprint density at radius 3 is 2.79 bits per heavy atom. The van der Waals surface area contributed by atoms with E-state index in [9.17, 15) is 9.18 Å². The van der Waals surface area contributed by atoms with Gasteiger partial charge >= 0.3 is 0 Å². The molecule has 1 aromatic rings.